The summed E-state index contributed by atoms with van der Waals surface area (Å²) in [6.07, 6.45) is 2.00. The van der Waals surface area contributed by atoms with Crippen LogP contribution >= 0.6 is 0 Å². The van der Waals surface area contributed by atoms with E-state index >= 15 is 0 Å². The number of hydrogen-bond donors (Lipinski definition) is 1. The number of rotatable bonds is 3. The molecule has 3 nitrogen and oxygen atoms in total. The van der Waals surface area contributed by atoms with E-state index in [9.17, 15) is 4.79 Å². The van der Waals surface area contributed by atoms with Crippen LogP contribution in [0.5, 0.6) is 0 Å². The van der Waals surface area contributed by atoms with Gasteiger partial charge < -0.3 is 10.5 Å². The Morgan fingerprint density at radius 3 is 2.73 bits per heavy atom. The topological polar surface area (TPSA) is 52.3 Å². The van der Waals surface area contributed by atoms with Crippen LogP contribution in [0.3, 0.4) is 0 Å². The molecule has 1 aliphatic carbocycles. The molecule has 0 aliphatic heterocycles. The van der Waals surface area contributed by atoms with E-state index in [1.165, 1.54) is 13.5 Å². The number of methoxy groups -OCH3 is 1. The number of ether oxygens (including phenoxy) is 1. The summed E-state index contributed by atoms with van der Waals surface area (Å²) >= 11 is 0. The van der Waals surface area contributed by atoms with Crippen LogP contribution in [0.1, 0.15) is 19.8 Å². The maximum Gasteiger partial charge on any atom is 0.322 e. The fraction of sp³-hybridized carbons (Fsp3) is 0.875. The lowest BCUT2D eigenvalue weighted by Gasteiger charge is -2.07. The second-order valence-electron chi connectivity index (χ2n) is 3.34. The van der Waals surface area contributed by atoms with Gasteiger partial charge in [-0.3, -0.25) is 4.79 Å². The number of carbonyl (C=O) groups excluding carboxylic acids is 1. The van der Waals surface area contributed by atoms with Gasteiger partial charge in [0.25, 0.3) is 0 Å². The fourth-order valence-corrected chi connectivity index (χ4v) is 1.30. The van der Waals surface area contributed by atoms with Gasteiger partial charge in [0.05, 0.1) is 7.11 Å². The zero-order valence-electron chi connectivity index (χ0n) is 7.04. The SMILES string of the molecule is COC(=O)C(N)CC1CC1C. The van der Waals surface area contributed by atoms with Crippen molar-refractivity contribution in [3.63, 3.8) is 0 Å². The first-order valence-corrected chi connectivity index (χ1v) is 3.98. The minimum absolute atomic E-state index is 0.288. The molecule has 1 fully saturated rings. The molecule has 3 atom stereocenters. The first-order chi connectivity index (χ1) is 5.15. The summed E-state index contributed by atoms with van der Waals surface area (Å²) < 4.78 is 4.51. The maximum absolute atomic E-state index is 10.8. The van der Waals surface area contributed by atoms with E-state index in [0.717, 1.165) is 12.3 Å². The normalized spacial score (nSPS) is 31.2. The van der Waals surface area contributed by atoms with Crippen molar-refractivity contribution < 1.29 is 9.53 Å². The van der Waals surface area contributed by atoms with Gasteiger partial charge in [-0.05, 0) is 24.7 Å². The third-order valence-corrected chi connectivity index (χ3v) is 2.34. The molecule has 0 radical (unpaired) electrons. The molecule has 11 heavy (non-hydrogen) atoms. The molecule has 0 aromatic rings. The van der Waals surface area contributed by atoms with E-state index in [4.69, 9.17) is 5.73 Å². The van der Waals surface area contributed by atoms with Crippen LogP contribution in [0.2, 0.25) is 0 Å². The first kappa shape index (κ1) is 8.53. The Kier molecular flexibility index (Phi) is 2.49. The van der Waals surface area contributed by atoms with Gasteiger partial charge in [-0.25, -0.2) is 0 Å². The molecule has 2 N–H and O–H groups in total. The molecular formula is C8H15NO2. The second-order valence-corrected chi connectivity index (χ2v) is 3.34. The van der Waals surface area contributed by atoms with E-state index in [2.05, 4.69) is 11.7 Å². The highest BCUT2D eigenvalue weighted by Gasteiger charge is 2.35. The monoisotopic (exact) mass is 157 g/mol. The van der Waals surface area contributed by atoms with Gasteiger partial charge in [-0.2, -0.15) is 0 Å². The molecule has 3 heteroatoms. The summed E-state index contributed by atoms with van der Waals surface area (Å²) in [6, 6.07) is -0.407. The van der Waals surface area contributed by atoms with Gasteiger partial charge in [0, 0.05) is 0 Å². The zero-order valence-corrected chi connectivity index (χ0v) is 7.04. The Morgan fingerprint density at radius 1 is 1.82 bits per heavy atom. The number of hydrogen-bond acceptors (Lipinski definition) is 3. The van der Waals surface area contributed by atoms with E-state index in [-0.39, 0.29) is 5.97 Å². The first-order valence-electron chi connectivity index (χ1n) is 3.98. The minimum atomic E-state index is -0.407. The van der Waals surface area contributed by atoms with Crippen molar-refractivity contribution in [2.45, 2.75) is 25.8 Å². The lowest BCUT2D eigenvalue weighted by molar-refractivity contribution is -0.142. The van der Waals surface area contributed by atoms with Crippen LogP contribution in [0, 0.1) is 11.8 Å². The molecule has 1 aliphatic rings. The van der Waals surface area contributed by atoms with Crippen molar-refractivity contribution in [3.05, 3.63) is 0 Å². The molecule has 64 valence electrons. The van der Waals surface area contributed by atoms with Crippen molar-refractivity contribution in [3.8, 4) is 0 Å². The smallest absolute Gasteiger partial charge is 0.322 e. The molecule has 0 spiro atoms. The van der Waals surface area contributed by atoms with Gasteiger partial charge in [0.2, 0.25) is 0 Å². The molecular weight excluding hydrogens is 142 g/mol. The maximum atomic E-state index is 10.8. The zero-order chi connectivity index (χ0) is 8.43. The third kappa shape index (κ3) is 2.19. The van der Waals surface area contributed by atoms with E-state index in [1.54, 1.807) is 0 Å². The van der Waals surface area contributed by atoms with Crippen LogP contribution in [0.15, 0.2) is 0 Å². The summed E-state index contributed by atoms with van der Waals surface area (Å²) in [6.45, 7) is 2.18. The number of esters is 1. The highest BCUT2D eigenvalue weighted by atomic mass is 16.5. The van der Waals surface area contributed by atoms with Gasteiger partial charge in [-0.15, -0.1) is 0 Å². The molecule has 1 rings (SSSR count). The molecule has 0 saturated heterocycles. The number of carbonyl (C=O) groups is 1. The summed E-state index contributed by atoms with van der Waals surface area (Å²) in [5, 5.41) is 0. The lowest BCUT2D eigenvalue weighted by Crippen LogP contribution is -2.32. The van der Waals surface area contributed by atoms with Crippen LogP contribution in [-0.2, 0) is 9.53 Å². The van der Waals surface area contributed by atoms with Gasteiger partial charge >= 0.3 is 5.97 Å². The highest BCUT2D eigenvalue weighted by molar-refractivity contribution is 5.75. The minimum Gasteiger partial charge on any atom is -0.468 e. The van der Waals surface area contributed by atoms with Crippen LogP contribution in [0.25, 0.3) is 0 Å². The van der Waals surface area contributed by atoms with E-state index in [0.29, 0.717) is 5.92 Å². The van der Waals surface area contributed by atoms with Crippen LogP contribution in [0.4, 0.5) is 0 Å². The van der Waals surface area contributed by atoms with Crippen molar-refractivity contribution in [2.75, 3.05) is 7.11 Å². The Labute approximate surface area is 66.9 Å². The summed E-state index contributed by atoms with van der Waals surface area (Å²) in [7, 11) is 1.37. The summed E-state index contributed by atoms with van der Waals surface area (Å²) in [5.74, 6) is 1.12. The standard InChI is InChI=1S/C8H15NO2/c1-5-3-6(5)4-7(9)8(10)11-2/h5-7H,3-4,9H2,1-2H3. The Bertz CT molecular complexity index is 158. The average molecular weight is 157 g/mol. The molecule has 0 heterocycles. The second kappa shape index (κ2) is 3.22. The van der Waals surface area contributed by atoms with Crippen molar-refractivity contribution in [1.82, 2.24) is 0 Å². The predicted octanol–water partition coefficient (Wildman–Crippen LogP) is 0.533. The third-order valence-electron chi connectivity index (χ3n) is 2.34. The molecule has 3 unspecified atom stereocenters. The van der Waals surface area contributed by atoms with Crippen molar-refractivity contribution in [1.29, 1.82) is 0 Å². The predicted molar refractivity (Wildman–Crippen MR) is 41.9 cm³/mol. The Morgan fingerprint density at radius 2 is 2.36 bits per heavy atom. The summed E-state index contributed by atoms with van der Waals surface area (Å²) in [5.41, 5.74) is 5.56. The molecule has 0 aromatic heterocycles. The fourth-order valence-electron chi connectivity index (χ4n) is 1.30. The van der Waals surface area contributed by atoms with E-state index < -0.39 is 6.04 Å². The van der Waals surface area contributed by atoms with Gasteiger partial charge in [-0.1, -0.05) is 6.92 Å². The van der Waals surface area contributed by atoms with Gasteiger partial charge in [0.1, 0.15) is 6.04 Å². The molecule has 0 aromatic carbocycles. The molecule has 0 amide bonds. The lowest BCUT2D eigenvalue weighted by atomic mass is 10.1. The molecule has 0 bridgehead atoms. The van der Waals surface area contributed by atoms with Crippen molar-refractivity contribution in [2.24, 2.45) is 17.6 Å². The van der Waals surface area contributed by atoms with Crippen molar-refractivity contribution >= 4 is 5.97 Å². The average Bonchev–Trinajstić information content (AvgIpc) is 2.65. The Hall–Kier alpha value is -0.570. The molecule has 1 saturated carbocycles. The number of nitrogens with two attached hydrogens (primary N) is 1. The largest absolute Gasteiger partial charge is 0.468 e. The van der Waals surface area contributed by atoms with Crippen LogP contribution in [-0.4, -0.2) is 19.1 Å². The Balaban J connectivity index is 2.20. The van der Waals surface area contributed by atoms with Gasteiger partial charge in [0.15, 0.2) is 0 Å². The van der Waals surface area contributed by atoms with Crippen LogP contribution < -0.4 is 5.73 Å². The summed E-state index contributed by atoms with van der Waals surface area (Å²) in [4.78, 5) is 10.8. The van der Waals surface area contributed by atoms with E-state index in [1.807, 2.05) is 0 Å². The quantitative estimate of drug-likeness (QED) is 0.608. The highest BCUT2D eigenvalue weighted by Crippen LogP contribution is 2.40.